The molecule has 1 aromatic carbocycles. The molecule has 0 bridgehead atoms. The van der Waals surface area contributed by atoms with E-state index in [2.05, 4.69) is 10.2 Å². The summed E-state index contributed by atoms with van der Waals surface area (Å²) in [7, 11) is 0. The Bertz CT molecular complexity index is 380. The molecule has 16 heavy (non-hydrogen) atoms. The number of nitrogens with one attached hydrogen (secondary N) is 1. The fourth-order valence-corrected chi connectivity index (χ4v) is 2.95. The first-order valence-corrected chi connectivity index (χ1v) is 6.07. The number of rotatable bonds is 1. The molecule has 1 aromatic rings. The monoisotopic (exact) mass is 220 g/mol. The number of anilines is 1. The number of benzene rings is 1. The highest BCUT2D eigenvalue weighted by atomic mass is 19.1. The minimum atomic E-state index is -0.135. The van der Waals surface area contributed by atoms with Crippen LogP contribution in [0.5, 0.6) is 0 Å². The molecule has 2 heterocycles. The third-order valence-electron chi connectivity index (χ3n) is 3.83. The van der Waals surface area contributed by atoms with Crippen molar-refractivity contribution in [1.82, 2.24) is 5.32 Å². The van der Waals surface area contributed by atoms with Crippen LogP contribution < -0.4 is 10.2 Å². The average molecular weight is 220 g/mol. The molecule has 1 N–H and O–H groups in total. The minimum Gasteiger partial charge on any atom is -0.371 e. The molecule has 2 unspecified atom stereocenters. The van der Waals surface area contributed by atoms with Crippen molar-refractivity contribution >= 4 is 5.69 Å². The Labute approximate surface area is 95.4 Å². The van der Waals surface area contributed by atoms with E-state index in [1.807, 2.05) is 6.07 Å². The van der Waals surface area contributed by atoms with Gasteiger partial charge in [-0.3, -0.25) is 0 Å². The molecule has 2 aliphatic rings. The second kappa shape index (κ2) is 4.06. The first-order chi connectivity index (χ1) is 7.83. The zero-order chi connectivity index (χ0) is 11.0. The summed E-state index contributed by atoms with van der Waals surface area (Å²) < 4.78 is 13.2. The molecule has 0 saturated carbocycles. The Morgan fingerprint density at radius 3 is 3.12 bits per heavy atom. The van der Waals surface area contributed by atoms with Crippen LogP contribution in [0.15, 0.2) is 24.3 Å². The lowest BCUT2D eigenvalue weighted by molar-refractivity contribution is 0.376. The predicted molar refractivity (Wildman–Crippen MR) is 63.1 cm³/mol. The zero-order valence-corrected chi connectivity index (χ0v) is 9.32. The van der Waals surface area contributed by atoms with Crippen molar-refractivity contribution in [1.29, 1.82) is 0 Å². The maximum absolute atomic E-state index is 13.2. The largest absolute Gasteiger partial charge is 0.371 e. The third kappa shape index (κ3) is 1.80. The van der Waals surface area contributed by atoms with Gasteiger partial charge in [-0.25, -0.2) is 4.39 Å². The van der Waals surface area contributed by atoms with Crippen LogP contribution in [0.4, 0.5) is 10.1 Å². The van der Waals surface area contributed by atoms with Crippen LogP contribution >= 0.6 is 0 Å². The van der Waals surface area contributed by atoms with Gasteiger partial charge in [0.25, 0.3) is 0 Å². The summed E-state index contributed by atoms with van der Waals surface area (Å²) in [5.41, 5.74) is 1.03. The lowest BCUT2D eigenvalue weighted by Gasteiger charge is -2.36. The highest BCUT2D eigenvalue weighted by molar-refractivity contribution is 5.47. The Hall–Kier alpha value is -1.09. The van der Waals surface area contributed by atoms with Crippen molar-refractivity contribution in [2.75, 3.05) is 24.5 Å². The standard InChI is InChI=1S/C13H17FN2/c14-11-2-1-3-12(8-11)16-7-5-13-10(9-16)4-6-15-13/h1-3,8,10,13,15H,4-7,9H2. The summed E-state index contributed by atoms with van der Waals surface area (Å²) in [6, 6.07) is 7.65. The SMILES string of the molecule is Fc1cccc(N2CCC3NCCC3C2)c1. The summed E-state index contributed by atoms with van der Waals surface area (Å²) >= 11 is 0. The summed E-state index contributed by atoms with van der Waals surface area (Å²) in [6.07, 6.45) is 2.44. The van der Waals surface area contributed by atoms with Crippen molar-refractivity contribution in [3.05, 3.63) is 30.1 Å². The molecule has 0 spiro atoms. The smallest absolute Gasteiger partial charge is 0.125 e. The Morgan fingerprint density at radius 1 is 1.31 bits per heavy atom. The number of nitrogens with zero attached hydrogens (tertiary/aromatic N) is 1. The van der Waals surface area contributed by atoms with Gasteiger partial charge in [-0.1, -0.05) is 6.07 Å². The molecule has 2 aliphatic heterocycles. The van der Waals surface area contributed by atoms with Gasteiger partial charge in [0.2, 0.25) is 0 Å². The summed E-state index contributed by atoms with van der Waals surface area (Å²) in [5.74, 6) is 0.612. The minimum absolute atomic E-state index is 0.135. The molecule has 0 aromatic heterocycles. The summed E-state index contributed by atoms with van der Waals surface area (Å²) in [4.78, 5) is 2.32. The van der Waals surface area contributed by atoms with E-state index in [0.29, 0.717) is 6.04 Å². The van der Waals surface area contributed by atoms with Crippen LogP contribution in [0, 0.1) is 11.7 Å². The molecule has 3 heteroatoms. The predicted octanol–water partition coefficient (Wildman–Crippen LogP) is 2.01. The van der Waals surface area contributed by atoms with Crippen LogP contribution in [-0.4, -0.2) is 25.7 Å². The van der Waals surface area contributed by atoms with E-state index in [9.17, 15) is 4.39 Å². The Kier molecular flexibility index (Phi) is 2.56. The molecule has 0 aliphatic carbocycles. The molecular formula is C13H17FN2. The van der Waals surface area contributed by atoms with Crippen molar-refractivity contribution in [3.8, 4) is 0 Å². The number of hydrogen-bond acceptors (Lipinski definition) is 2. The fraction of sp³-hybridized carbons (Fsp3) is 0.538. The van der Waals surface area contributed by atoms with E-state index in [-0.39, 0.29) is 5.82 Å². The maximum atomic E-state index is 13.2. The fourth-order valence-electron chi connectivity index (χ4n) is 2.95. The number of halogens is 1. The Morgan fingerprint density at radius 2 is 2.25 bits per heavy atom. The van der Waals surface area contributed by atoms with E-state index in [4.69, 9.17) is 0 Å². The molecule has 0 radical (unpaired) electrons. The van der Waals surface area contributed by atoms with Crippen LogP contribution in [0.25, 0.3) is 0 Å². The molecule has 86 valence electrons. The van der Waals surface area contributed by atoms with Crippen molar-refractivity contribution in [3.63, 3.8) is 0 Å². The lowest BCUT2D eigenvalue weighted by Crippen LogP contribution is -2.44. The third-order valence-corrected chi connectivity index (χ3v) is 3.83. The second-order valence-corrected chi connectivity index (χ2v) is 4.82. The second-order valence-electron chi connectivity index (χ2n) is 4.82. The van der Waals surface area contributed by atoms with E-state index in [1.54, 1.807) is 12.1 Å². The normalized spacial score (nSPS) is 29.2. The highest BCUT2D eigenvalue weighted by Gasteiger charge is 2.32. The molecule has 0 amide bonds. The summed E-state index contributed by atoms with van der Waals surface area (Å²) in [5, 5.41) is 3.54. The number of piperidine rings is 1. The average Bonchev–Trinajstić information content (AvgIpc) is 2.75. The van der Waals surface area contributed by atoms with Crippen molar-refractivity contribution in [2.24, 2.45) is 5.92 Å². The van der Waals surface area contributed by atoms with Gasteiger partial charge in [0.1, 0.15) is 5.82 Å². The van der Waals surface area contributed by atoms with Gasteiger partial charge in [-0.2, -0.15) is 0 Å². The van der Waals surface area contributed by atoms with Gasteiger partial charge in [-0.05, 0) is 43.5 Å². The number of fused-ring (bicyclic) bond motifs is 1. The molecule has 2 saturated heterocycles. The molecule has 2 fully saturated rings. The van der Waals surface area contributed by atoms with Gasteiger partial charge in [-0.15, -0.1) is 0 Å². The molecule has 2 nitrogen and oxygen atoms in total. The van der Waals surface area contributed by atoms with Crippen molar-refractivity contribution < 1.29 is 4.39 Å². The molecule has 2 atom stereocenters. The van der Waals surface area contributed by atoms with Crippen LogP contribution in [0.1, 0.15) is 12.8 Å². The van der Waals surface area contributed by atoms with Gasteiger partial charge < -0.3 is 10.2 Å². The van der Waals surface area contributed by atoms with E-state index >= 15 is 0 Å². The quantitative estimate of drug-likeness (QED) is 0.779. The van der Waals surface area contributed by atoms with Gasteiger partial charge in [0.05, 0.1) is 0 Å². The van der Waals surface area contributed by atoms with Gasteiger partial charge in [0, 0.05) is 24.8 Å². The van der Waals surface area contributed by atoms with E-state index in [0.717, 1.165) is 31.2 Å². The van der Waals surface area contributed by atoms with Gasteiger partial charge in [0.15, 0.2) is 0 Å². The van der Waals surface area contributed by atoms with Gasteiger partial charge >= 0.3 is 0 Å². The van der Waals surface area contributed by atoms with Crippen molar-refractivity contribution in [2.45, 2.75) is 18.9 Å². The van der Waals surface area contributed by atoms with E-state index < -0.39 is 0 Å². The van der Waals surface area contributed by atoms with Crippen LogP contribution in [0.3, 0.4) is 0 Å². The maximum Gasteiger partial charge on any atom is 0.125 e. The topological polar surface area (TPSA) is 15.3 Å². The number of hydrogen-bond donors (Lipinski definition) is 1. The van der Waals surface area contributed by atoms with Crippen LogP contribution in [-0.2, 0) is 0 Å². The Balaban J connectivity index is 1.76. The van der Waals surface area contributed by atoms with Crippen LogP contribution in [0.2, 0.25) is 0 Å². The first kappa shape index (κ1) is 10.1. The lowest BCUT2D eigenvalue weighted by atomic mass is 9.93. The highest BCUT2D eigenvalue weighted by Crippen LogP contribution is 2.28. The zero-order valence-electron chi connectivity index (χ0n) is 9.32. The molecule has 3 rings (SSSR count). The first-order valence-electron chi connectivity index (χ1n) is 6.07. The van der Waals surface area contributed by atoms with E-state index in [1.165, 1.54) is 18.9 Å². The molecular weight excluding hydrogens is 203 g/mol. The summed E-state index contributed by atoms with van der Waals surface area (Å²) in [6.45, 7) is 3.26.